The largest absolute Gasteiger partial charge is 0.390 e. The number of aliphatic hydroxyl groups excluding tert-OH is 1. The molecule has 3 aromatic rings. The summed E-state index contributed by atoms with van der Waals surface area (Å²) in [4.78, 5) is 6.50. The minimum Gasteiger partial charge on any atom is -0.390 e. The number of aliphatic hydroxyl groups is 1. The Labute approximate surface area is 150 Å². The highest BCUT2D eigenvalue weighted by atomic mass is 19.1. The van der Waals surface area contributed by atoms with Crippen LogP contribution in [-0.2, 0) is 6.54 Å². The van der Waals surface area contributed by atoms with E-state index in [2.05, 4.69) is 20.3 Å². The molecule has 4 N–H and O–H groups in total. The van der Waals surface area contributed by atoms with Crippen molar-refractivity contribution in [2.24, 2.45) is 5.73 Å². The van der Waals surface area contributed by atoms with Crippen molar-refractivity contribution in [2.45, 2.75) is 25.1 Å². The number of hydrogen-bond donors (Lipinski definition) is 3. The summed E-state index contributed by atoms with van der Waals surface area (Å²) in [6, 6.07) is 8.08. The van der Waals surface area contributed by atoms with E-state index in [0.717, 1.165) is 24.0 Å². The van der Waals surface area contributed by atoms with Crippen molar-refractivity contribution in [1.82, 2.24) is 19.5 Å². The number of nitrogens with zero attached hydrogens (tertiary/aromatic N) is 4. The SMILES string of the molecule is N[C@@H]1CCN(Cc2ccn3ncnc(Nc4cccc(F)c4)c23)C[C@H]1O. The van der Waals surface area contributed by atoms with Crippen LogP contribution in [0, 0.1) is 5.82 Å². The fourth-order valence-corrected chi connectivity index (χ4v) is 3.34. The van der Waals surface area contributed by atoms with E-state index in [9.17, 15) is 9.50 Å². The zero-order chi connectivity index (χ0) is 18.1. The maximum Gasteiger partial charge on any atom is 0.158 e. The number of likely N-dealkylation sites (tertiary alicyclic amines) is 1. The molecule has 0 saturated carbocycles. The highest BCUT2D eigenvalue weighted by Gasteiger charge is 2.25. The molecule has 1 aromatic carbocycles. The Morgan fingerprint density at radius 2 is 2.23 bits per heavy atom. The van der Waals surface area contributed by atoms with E-state index < -0.39 is 6.10 Å². The molecule has 26 heavy (non-hydrogen) atoms. The van der Waals surface area contributed by atoms with Crippen molar-refractivity contribution in [3.05, 3.63) is 54.2 Å². The molecule has 1 saturated heterocycles. The van der Waals surface area contributed by atoms with Gasteiger partial charge in [0.15, 0.2) is 5.82 Å². The lowest BCUT2D eigenvalue weighted by Gasteiger charge is -2.33. The first-order chi connectivity index (χ1) is 12.6. The predicted molar refractivity (Wildman–Crippen MR) is 96.5 cm³/mol. The molecule has 1 fully saturated rings. The average molecular weight is 356 g/mol. The Hall–Kier alpha value is -2.55. The molecule has 3 heterocycles. The van der Waals surface area contributed by atoms with Gasteiger partial charge in [-0.05, 0) is 36.2 Å². The lowest BCUT2D eigenvalue weighted by Crippen LogP contribution is -2.50. The Morgan fingerprint density at radius 3 is 3.04 bits per heavy atom. The lowest BCUT2D eigenvalue weighted by atomic mass is 10.0. The van der Waals surface area contributed by atoms with E-state index in [1.807, 2.05) is 12.3 Å². The van der Waals surface area contributed by atoms with Gasteiger partial charge in [0.25, 0.3) is 0 Å². The van der Waals surface area contributed by atoms with E-state index in [1.165, 1.54) is 18.5 Å². The normalized spacial score (nSPS) is 21.2. The van der Waals surface area contributed by atoms with Crippen LogP contribution in [0.15, 0.2) is 42.9 Å². The molecule has 0 amide bonds. The van der Waals surface area contributed by atoms with Crippen molar-refractivity contribution in [2.75, 3.05) is 18.4 Å². The number of aromatic nitrogens is 3. The van der Waals surface area contributed by atoms with Crippen LogP contribution in [0.5, 0.6) is 0 Å². The summed E-state index contributed by atoms with van der Waals surface area (Å²) in [5.74, 6) is 0.300. The van der Waals surface area contributed by atoms with Crippen LogP contribution in [0.1, 0.15) is 12.0 Å². The van der Waals surface area contributed by atoms with Crippen LogP contribution >= 0.6 is 0 Å². The molecule has 0 spiro atoms. The Morgan fingerprint density at radius 1 is 1.35 bits per heavy atom. The van der Waals surface area contributed by atoms with E-state index >= 15 is 0 Å². The van der Waals surface area contributed by atoms with E-state index in [-0.39, 0.29) is 11.9 Å². The third-order valence-corrected chi connectivity index (χ3v) is 4.74. The summed E-state index contributed by atoms with van der Waals surface area (Å²) in [6.07, 6.45) is 3.58. The Kier molecular flexibility index (Phi) is 4.54. The van der Waals surface area contributed by atoms with E-state index in [4.69, 9.17) is 5.73 Å². The highest BCUT2D eigenvalue weighted by molar-refractivity contribution is 5.76. The first-order valence-electron chi connectivity index (χ1n) is 8.60. The smallest absolute Gasteiger partial charge is 0.158 e. The topological polar surface area (TPSA) is 91.7 Å². The minimum atomic E-state index is -0.515. The van der Waals surface area contributed by atoms with Crippen LogP contribution in [0.4, 0.5) is 15.9 Å². The molecule has 0 unspecified atom stereocenters. The van der Waals surface area contributed by atoms with Crippen molar-refractivity contribution < 1.29 is 9.50 Å². The Balaban J connectivity index is 1.62. The monoisotopic (exact) mass is 356 g/mol. The van der Waals surface area contributed by atoms with Crippen LogP contribution in [0.3, 0.4) is 0 Å². The van der Waals surface area contributed by atoms with Gasteiger partial charge in [-0.1, -0.05) is 6.07 Å². The summed E-state index contributed by atoms with van der Waals surface area (Å²) in [5.41, 5.74) is 8.38. The number of hydrogen-bond acceptors (Lipinski definition) is 6. The molecule has 0 radical (unpaired) electrons. The number of benzene rings is 1. The number of fused-ring (bicyclic) bond motifs is 1. The number of rotatable bonds is 4. The summed E-state index contributed by atoms with van der Waals surface area (Å²) in [7, 11) is 0. The number of halogens is 1. The molecule has 2 atom stereocenters. The van der Waals surface area contributed by atoms with E-state index in [1.54, 1.807) is 16.6 Å². The summed E-state index contributed by atoms with van der Waals surface area (Å²) < 4.78 is 15.2. The average Bonchev–Trinajstić information content (AvgIpc) is 3.02. The fraction of sp³-hybridized carbons (Fsp3) is 0.333. The van der Waals surface area contributed by atoms with Gasteiger partial charge in [0.05, 0.1) is 6.10 Å². The molecule has 0 bridgehead atoms. The van der Waals surface area contributed by atoms with Gasteiger partial charge < -0.3 is 16.2 Å². The number of nitrogens with one attached hydrogen (secondary N) is 1. The molecule has 2 aromatic heterocycles. The minimum absolute atomic E-state index is 0.162. The third kappa shape index (κ3) is 3.39. The number of nitrogens with two attached hydrogens (primary N) is 1. The second kappa shape index (κ2) is 6.99. The molecular formula is C18H21FN6O. The third-order valence-electron chi connectivity index (χ3n) is 4.74. The maximum absolute atomic E-state index is 13.5. The van der Waals surface area contributed by atoms with Crippen LogP contribution < -0.4 is 11.1 Å². The van der Waals surface area contributed by atoms with Gasteiger partial charge in [0.2, 0.25) is 0 Å². The van der Waals surface area contributed by atoms with Crippen LogP contribution in [0.2, 0.25) is 0 Å². The van der Waals surface area contributed by atoms with Gasteiger partial charge in [-0.3, -0.25) is 4.90 Å². The van der Waals surface area contributed by atoms with Gasteiger partial charge in [0, 0.05) is 37.6 Å². The second-order valence-electron chi connectivity index (χ2n) is 6.63. The van der Waals surface area contributed by atoms with Gasteiger partial charge in [0.1, 0.15) is 17.7 Å². The number of piperidine rings is 1. The van der Waals surface area contributed by atoms with Crippen LogP contribution in [-0.4, -0.2) is 49.8 Å². The van der Waals surface area contributed by atoms with Gasteiger partial charge in [-0.15, -0.1) is 0 Å². The summed E-state index contributed by atoms with van der Waals surface area (Å²) in [6.45, 7) is 2.03. The maximum atomic E-state index is 13.5. The van der Waals surface area contributed by atoms with Crippen molar-refractivity contribution in [3.8, 4) is 0 Å². The molecule has 0 aliphatic carbocycles. The van der Waals surface area contributed by atoms with E-state index in [0.29, 0.717) is 24.6 Å². The van der Waals surface area contributed by atoms with Crippen molar-refractivity contribution >= 4 is 17.0 Å². The van der Waals surface area contributed by atoms with Gasteiger partial charge >= 0.3 is 0 Å². The summed E-state index contributed by atoms with van der Waals surface area (Å²) >= 11 is 0. The highest BCUT2D eigenvalue weighted by Crippen LogP contribution is 2.25. The second-order valence-corrected chi connectivity index (χ2v) is 6.63. The Bertz CT molecular complexity index is 914. The molecule has 1 aliphatic rings. The molecule has 4 rings (SSSR count). The zero-order valence-electron chi connectivity index (χ0n) is 14.2. The molecule has 1 aliphatic heterocycles. The standard InChI is InChI=1S/C18H21FN6O/c19-13-2-1-3-14(8-13)23-18-17-12(4-7-25(17)22-11-21-18)9-24-6-5-15(20)16(26)10-24/h1-4,7-8,11,15-16,26H,5-6,9-10,20H2,(H,21,22,23)/t15-,16-/m1/s1. The lowest BCUT2D eigenvalue weighted by molar-refractivity contribution is 0.0501. The van der Waals surface area contributed by atoms with Gasteiger partial charge in [-0.25, -0.2) is 13.9 Å². The quantitative estimate of drug-likeness (QED) is 0.656. The first-order valence-corrected chi connectivity index (χ1v) is 8.60. The van der Waals surface area contributed by atoms with Gasteiger partial charge in [-0.2, -0.15) is 5.10 Å². The number of anilines is 2. The van der Waals surface area contributed by atoms with Crippen LogP contribution in [0.25, 0.3) is 5.52 Å². The molecular weight excluding hydrogens is 335 g/mol. The fourth-order valence-electron chi connectivity index (χ4n) is 3.34. The predicted octanol–water partition coefficient (Wildman–Crippen LogP) is 1.51. The van der Waals surface area contributed by atoms with Crippen molar-refractivity contribution in [1.29, 1.82) is 0 Å². The first kappa shape index (κ1) is 16.9. The van der Waals surface area contributed by atoms with Crippen molar-refractivity contribution in [3.63, 3.8) is 0 Å². The zero-order valence-corrected chi connectivity index (χ0v) is 14.2. The molecule has 7 nitrogen and oxygen atoms in total. The number of β-amino-alcohol motifs (C(OH)–C–C–N with tert-alkyl or cyclic N) is 1. The summed E-state index contributed by atoms with van der Waals surface area (Å²) in [5, 5.41) is 17.4. The molecule has 136 valence electrons. The molecule has 8 heteroatoms.